The van der Waals surface area contributed by atoms with E-state index in [-0.39, 0.29) is 23.8 Å². The molecule has 0 bridgehead atoms. The van der Waals surface area contributed by atoms with Crippen LogP contribution in [0.5, 0.6) is 0 Å². The quantitative estimate of drug-likeness (QED) is 0.825. The van der Waals surface area contributed by atoms with E-state index < -0.39 is 0 Å². The van der Waals surface area contributed by atoms with Gasteiger partial charge in [-0.3, -0.25) is 9.59 Å². The number of amides is 2. The maximum atomic E-state index is 12.1. The lowest BCUT2D eigenvalue weighted by Crippen LogP contribution is -2.45. The number of nitrogens with one attached hydrogen (secondary N) is 2. The number of rotatable bonds is 5. The van der Waals surface area contributed by atoms with E-state index in [4.69, 9.17) is 0 Å². The fourth-order valence-electron chi connectivity index (χ4n) is 2.78. The number of likely N-dealkylation sites (tertiary alicyclic amines) is 1. The minimum Gasteiger partial charge on any atom is -0.359 e. The van der Waals surface area contributed by atoms with E-state index in [1.807, 2.05) is 37.4 Å². The van der Waals surface area contributed by atoms with E-state index >= 15 is 0 Å². The van der Waals surface area contributed by atoms with Crippen LogP contribution in [0, 0.1) is 5.92 Å². The second kappa shape index (κ2) is 7.22. The van der Waals surface area contributed by atoms with Crippen molar-refractivity contribution in [1.29, 1.82) is 0 Å². The standard InChI is InChI=1S/C16H23N3O2/c1-17-16(21)13-10-19(2)11-14(13)18-15(20)9-8-12-6-4-3-5-7-12/h3-7,13-14H,8-11H2,1-2H3,(H,17,21)(H,18,20)/t13-,14+/m1/s1. The fraction of sp³-hybridized carbons (Fsp3) is 0.500. The molecule has 2 rings (SSSR count). The molecule has 1 saturated heterocycles. The lowest BCUT2D eigenvalue weighted by Gasteiger charge is -2.18. The van der Waals surface area contributed by atoms with E-state index in [9.17, 15) is 9.59 Å². The van der Waals surface area contributed by atoms with Crippen LogP contribution in [0.4, 0.5) is 0 Å². The summed E-state index contributed by atoms with van der Waals surface area (Å²) in [5, 5.41) is 5.68. The number of hydrogen-bond donors (Lipinski definition) is 2. The van der Waals surface area contributed by atoms with Crippen LogP contribution in [-0.2, 0) is 16.0 Å². The van der Waals surface area contributed by atoms with Gasteiger partial charge in [-0.2, -0.15) is 0 Å². The van der Waals surface area contributed by atoms with Gasteiger partial charge in [0.15, 0.2) is 0 Å². The Bertz CT molecular complexity index is 490. The molecule has 0 spiro atoms. The predicted molar refractivity (Wildman–Crippen MR) is 81.7 cm³/mol. The van der Waals surface area contributed by atoms with Crippen molar-refractivity contribution in [2.45, 2.75) is 18.9 Å². The molecule has 1 aliphatic heterocycles. The van der Waals surface area contributed by atoms with Crippen LogP contribution in [0.3, 0.4) is 0 Å². The number of carbonyl (C=O) groups is 2. The Balaban J connectivity index is 1.85. The highest BCUT2D eigenvalue weighted by atomic mass is 16.2. The van der Waals surface area contributed by atoms with Gasteiger partial charge in [-0.05, 0) is 19.0 Å². The molecule has 5 nitrogen and oxygen atoms in total. The maximum absolute atomic E-state index is 12.1. The first-order valence-corrected chi connectivity index (χ1v) is 7.33. The molecule has 114 valence electrons. The summed E-state index contributed by atoms with van der Waals surface area (Å²) in [5.74, 6) is -0.165. The lowest BCUT2D eigenvalue weighted by atomic mass is 10.0. The molecular formula is C16H23N3O2. The average Bonchev–Trinajstić information content (AvgIpc) is 2.86. The zero-order valence-electron chi connectivity index (χ0n) is 12.6. The van der Waals surface area contributed by atoms with Crippen LogP contribution < -0.4 is 10.6 Å². The molecule has 1 heterocycles. The highest BCUT2D eigenvalue weighted by Gasteiger charge is 2.36. The van der Waals surface area contributed by atoms with Crippen LogP contribution in [0.2, 0.25) is 0 Å². The molecule has 0 aromatic heterocycles. The van der Waals surface area contributed by atoms with Crippen molar-refractivity contribution in [2.24, 2.45) is 5.92 Å². The summed E-state index contributed by atoms with van der Waals surface area (Å²) in [6.07, 6.45) is 1.17. The molecule has 1 aromatic rings. The Morgan fingerprint density at radius 1 is 1.24 bits per heavy atom. The summed E-state index contributed by atoms with van der Waals surface area (Å²) in [6.45, 7) is 1.40. The Morgan fingerprint density at radius 3 is 2.62 bits per heavy atom. The van der Waals surface area contributed by atoms with Crippen molar-refractivity contribution in [2.75, 3.05) is 27.2 Å². The molecule has 1 aliphatic rings. The number of aryl methyl sites for hydroxylation is 1. The topological polar surface area (TPSA) is 61.4 Å². The Kier molecular flexibility index (Phi) is 5.33. The summed E-state index contributed by atoms with van der Waals surface area (Å²) < 4.78 is 0. The molecule has 0 unspecified atom stereocenters. The number of benzene rings is 1. The van der Waals surface area contributed by atoms with E-state index in [2.05, 4.69) is 15.5 Å². The van der Waals surface area contributed by atoms with Crippen molar-refractivity contribution < 1.29 is 9.59 Å². The number of hydrogen-bond acceptors (Lipinski definition) is 3. The van der Waals surface area contributed by atoms with Gasteiger partial charge in [0.2, 0.25) is 11.8 Å². The first-order valence-electron chi connectivity index (χ1n) is 7.33. The predicted octanol–water partition coefficient (Wildman–Crippen LogP) is 0.412. The molecule has 0 radical (unpaired) electrons. The van der Waals surface area contributed by atoms with Crippen LogP contribution in [0.15, 0.2) is 30.3 Å². The van der Waals surface area contributed by atoms with Crippen LogP contribution >= 0.6 is 0 Å². The normalized spacial score (nSPS) is 22.0. The molecule has 21 heavy (non-hydrogen) atoms. The number of likely N-dealkylation sites (N-methyl/N-ethyl adjacent to an activating group) is 1. The highest BCUT2D eigenvalue weighted by molar-refractivity contribution is 5.82. The largest absolute Gasteiger partial charge is 0.359 e. The van der Waals surface area contributed by atoms with Gasteiger partial charge in [0.1, 0.15) is 0 Å². The molecule has 5 heteroatoms. The van der Waals surface area contributed by atoms with Gasteiger partial charge < -0.3 is 15.5 Å². The van der Waals surface area contributed by atoms with Crippen molar-refractivity contribution >= 4 is 11.8 Å². The second-order valence-corrected chi connectivity index (χ2v) is 5.60. The molecule has 0 aliphatic carbocycles. The summed E-state index contributed by atoms with van der Waals surface area (Å²) in [6, 6.07) is 9.85. The summed E-state index contributed by atoms with van der Waals surface area (Å²) in [4.78, 5) is 26.0. The minimum absolute atomic E-state index is 0.00675. The fourth-order valence-corrected chi connectivity index (χ4v) is 2.78. The summed E-state index contributed by atoms with van der Waals surface area (Å²) in [7, 11) is 3.60. The maximum Gasteiger partial charge on any atom is 0.226 e. The molecule has 1 aromatic carbocycles. The second-order valence-electron chi connectivity index (χ2n) is 5.60. The first-order chi connectivity index (χ1) is 10.1. The van der Waals surface area contributed by atoms with Crippen LogP contribution in [-0.4, -0.2) is 49.9 Å². The van der Waals surface area contributed by atoms with Gasteiger partial charge in [0.25, 0.3) is 0 Å². The van der Waals surface area contributed by atoms with Gasteiger partial charge in [-0.1, -0.05) is 30.3 Å². The Morgan fingerprint density at radius 2 is 1.95 bits per heavy atom. The van der Waals surface area contributed by atoms with Crippen molar-refractivity contribution in [3.05, 3.63) is 35.9 Å². The van der Waals surface area contributed by atoms with E-state index in [1.54, 1.807) is 7.05 Å². The van der Waals surface area contributed by atoms with E-state index in [0.717, 1.165) is 18.5 Å². The third kappa shape index (κ3) is 4.29. The molecule has 2 atom stereocenters. The van der Waals surface area contributed by atoms with Gasteiger partial charge in [-0.15, -0.1) is 0 Å². The number of nitrogens with zero attached hydrogens (tertiary/aromatic N) is 1. The SMILES string of the molecule is CNC(=O)[C@@H]1CN(C)C[C@@H]1NC(=O)CCc1ccccc1. The third-order valence-electron chi connectivity index (χ3n) is 3.92. The molecular weight excluding hydrogens is 266 g/mol. The first kappa shape index (κ1) is 15.5. The van der Waals surface area contributed by atoms with E-state index in [0.29, 0.717) is 13.0 Å². The molecule has 0 saturated carbocycles. The van der Waals surface area contributed by atoms with E-state index in [1.165, 1.54) is 0 Å². The molecule has 2 amide bonds. The highest BCUT2D eigenvalue weighted by Crippen LogP contribution is 2.16. The summed E-state index contributed by atoms with van der Waals surface area (Å²) in [5.41, 5.74) is 1.15. The monoisotopic (exact) mass is 289 g/mol. The van der Waals surface area contributed by atoms with Crippen molar-refractivity contribution in [3.8, 4) is 0 Å². The number of carbonyl (C=O) groups excluding carboxylic acids is 2. The van der Waals surface area contributed by atoms with Gasteiger partial charge in [-0.25, -0.2) is 0 Å². The lowest BCUT2D eigenvalue weighted by molar-refractivity contribution is -0.125. The summed E-state index contributed by atoms with van der Waals surface area (Å²) >= 11 is 0. The molecule has 1 fully saturated rings. The van der Waals surface area contributed by atoms with Gasteiger partial charge in [0, 0.05) is 26.6 Å². The van der Waals surface area contributed by atoms with Gasteiger partial charge >= 0.3 is 0 Å². The van der Waals surface area contributed by atoms with Gasteiger partial charge in [0.05, 0.1) is 12.0 Å². The Labute approximate surface area is 125 Å². The Hall–Kier alpha value is -1.88. The third-order valence-corrected chi connectivity index (χ3v) is 3.92. The van der Waals surface area contributed by atoms with Crippen molar-refractivity contribution in [3.63, 3.8) is 0 Å². The smallest absolute Gasteiger partial charge is 0.226 e. The minimum atomic E-state index is -0.166. The average molecular weight is 289 g/mol. The van der Waals surface area contributed by atoms with Crippen LogP contribution in [0.25, 0.3) is 0 Å². The van der Waals surface area contributed by atoms with Crippen LogP contribution in [0.1, 0.15) is 12.0 Å². The molecule has 2 N–H and O–H groups in total. The zero-order chi connectivity index (χ0) is 15.2. The zero-order valence-corrected chi connectivity index (χ0v) is 12.6. The van der Waals surface area contributed by atoms with Crippen molar-refractivity contribution in [1.82, 2.24) is 15.5 Å².